The molecule has 144 valence electrons. The van der Waals surface area contributed by atoms with Crippen LogP contribution in [0.15, 0.2) is 53.4 Å². The number of unbranched alkanes of at least 4 members (excludes halogenated alkanes) is 1. The molecule has 7 heteroatoms. The number of carboxylic acid groups (broad SMARTS) is 1. The van der Waals surface area contributed by atoms with E-state index >= 15 is 0 Å². The zero-order valence-electron chi connectivity index (χ0n) is 15.3. The Morgan fingerprint density at radius 2 is 1.63 bits per heavy atom. The van der Waals surface area contributed by atoms with Crippen LogP contribution in [0.5, 0.6) is 0 Å². The molecule has 2 aromatic rings. The highest BCUT2D eigenvalue weighted by Crippen LogP contribution is 2.19. The largest absolute Gasteiger partial charge is 0.481 e. The topological polar surface area (TPSA) is 101 Å². The van der Waals surface area contributed by atoms with Gasteiger partial charge in [-0.1, -0.05) is 25.5 Å². The fraction of sp³-hybridized carbons (Fsp3) is 0.300. The fourth-order valence-electron chi connectivity index (χ4n) is 2.47. The second-order valence-electron chi connectivity index (χ2n) is 6.33. The third-order valence-electron chi connectivity index (χ3n) is 4.28. The minimum atomic E-state index is -3.32. The van der Waals surface area contributed by atoms with Gasteiger partial charge in [0.2, 0.25) is 0 Å². The van der Waals surface area contributed by atoms with Crippen molar-refractivity contribution < 1.29 is 23.1 Å². The minimum Gasteiger partial charge on any atom is -0.481 e. The maximum Gasteiger partial charge on any atom is 0.310 e. The van der Waals surface area contributed by atoms with E-state index in [2.05, 4.69) is 5.32 Å². The van der Waals surface area contributed by atoms with E-state index in [0.717, 1.165) is 6.42 Å². The molecule has 1 atom stereocenters. The summed E-state index contributed by atoms with van der Waals surface area (Å²) in [6.07, 6.45) is 1.39. The van der Waals surface area contributed by atoms with Crippen LogP contribution in [0.4, 0.5) is 5.69 Å². The number of carbonyl (C=O) groups excluding carboxylic acids is 1. The first-order chi connectivity index (χ1) is 12.7. The summed E-state index contributed by atoms with van der Waals surface area (Å²) >= 11 is 0. The smallest absolute Gasteiger partial charge is 0.310 e. The molecule has 0 spiro atoms. The van der Waals surface area contributed by atoms with E-state index in [9.17, 15) is 18.0 Å². The molecular weight excluding hydrogens is 366 g/mol. The lowest BCUT2D eigenvalue weighted by molar-refractivity contribution is -0.138. The van der Waals surface area contributed by atoms with Gasteiger partial charge >= 0.3 is 5.97 Å². The zero-order valence-corrected chi connectivity index (χ0v) is 16.1. The third-order valence-corrected chi connectivity index (χ3v) is 6.10. The highest BCUT2D eigenvalue weighted by Gasteiger charge is 2.16. The summed E-state index contributed by atoms with van der Waals surface area (Å²) in [5.74, 6) is -1.82. The highest BCUT2D eigenvalue weighted by atomic mass is 32.2. The van der Waals surface area contributed by atoms with Crippen molar-refractivity contribution in [2.45, 2.75) is 37.5 Å². The van der Waals surface area contributed by atoms with Crippen molar-refractivity contribution in [2.24, 2.45) is 0 Å². The SMILES string of the molecule is CCCCS(=O)(=O)c1ccc(C(=O)Nc2ccc(C(C)C(=O)O)cc2)cc1. The van der Waals surface area contributed by atoms with Crippen LogP contribution in [0, 0.1) is 0 Å². The third kappa shape index (κ3) is 5.40. The average molecular weight is 389 g/mol. The van der Waals surface area contributed by atoms with Crippen LogP contribution in [-0.4, -0.2) is 31.2 Å². The van der Waals surface area contributed by atoms with Gasteiger partial charge in [0.15, 0.2) is 9.84 Å². The molecule has 0 heterocycles. The molecule has 2 aromatic carbocycles. The lowest BCUT2D eigenvalue weighted by Crippen LogP contribution is -2.13. The van der Waals surface area contributed by atoms with Crippen LogP contribution in [0.3, 0.4) is 0 Å². The number of rotatable bonds is 8. The summed E-state index contributed by atoms with van der Waals surface area (Å²) in [6.45, 7) is 3.52. The van der Waals surface area contributed by atoms with Gasteiger partial charge in [-0.2, -0.15) is 0 Å². The fourth-order valence-corrected chi connectivity index (χ4v) is 3.92. The standard InChI is InChI=1S/C20H23NO5S/c1-3-4-13-27(25,26)18-11-7-16(8-12-18)19(22)21-17-9-5-15(6-10-17)14(2)20(23)24/h5-12,14H,3-4,13H2,1-2H3,(H,21,22)(H,23,24). The molecule has 27 heavy (non-hydrogen) atoms. The van der Waals surface area contributed by atoms with E-state index in [4.69, 9.17) is 5.11 Å². The highest BCUT2D eigenvalue weighted by molar-refractivity contribution is 7.91. The molecule has 0 aromatic heterocycles. The maximum atomic E-state index is 12.3. The normalized spacial score (nSPS) is 12.4. The van der Waals surface area contributed by atoms with Gasteiger partial charge in [0, 0.05) is 11.3 Å². The number of hydrogen-bond donors (Lipinski definition) is 2. The Labute approximate surface area is 159 Å². The van der Waals surface area contributed by atoms with Crippen LogP contribution < -0.4 is 5.32 Å². The Bertz CT molecular complexity index is 902. The van der Waals surface area contributed by atoms with Crippen molar-refractivity contribution >= 4 is 27.4 Å². The van der Waals surface area contributed by atoms with Crippen molar-refractivity contribution in [1.29, 1.82) is 0 Å². The molecule has 0 aliphatic heterocycles. The number of aliphatic carboxylic acids is 1. The Morgan fingerprint density at radius 1 is 1.04 bits per heavy atom. The summed E-state index contributed by atoms with van der Waals surface area (Å²) in [6, 6.07) is 12.4. The maximum absolute atomic E-state index is 12.3. The number of nitrogens with one attached hydrogen (secondary N) is 1. The van der Waals surface area contributed by atoms with Crippen molar-refractivity contribution in [3.63, 3.8) is 0 Å². The van der Waals surface area contributed by atoms with Crippen molar-refractivity contribution in [3.8, 4) is 0 Å². The number of benzene rings is 2. The first kappa shape index (κ1) is 20.6. The Morgan fingerprint density at radius 3 is 2.15 bits per heavy atom. The Balaban J connectivity index is 2.07. The number of sulfone groups is 1. The monoisotopic (exact) mass is 389 g/mol. The number of carboxylic acids is 1. The molecule has 1 amide bonds. The quantitative estimate of drug-likeness (QED) is 0.717. The van der Waals surface area contributed by atoms with E-state index in [1.54, 1.807) is 31.2 Å². The van der Waals surface area contributed by atoms with Crippen molar-refractivity contribution in [2.75, 3.05) is 11.1 Å². The van der Waals surface area contributed by atoms with E-state index in [1.165, 1.54) is 24.3 Å². The van der Waals surface area contributed by atoms with E-state index in [1.807, 2.05) is 6.92 Å². The molecule has 1 unspecified atom stereocenters. The second kappa shape index (κ2) is 8.81. The summed E-state index contributed by atoms with van der Waals surface area (Å²) in [4.78, 5) is 23.5. The predicted octanol–water partition coefficient (Wildman–Crippen LogP) is 3.70. The molecule has 0 saturated carbocycles. The number of hydrogen-bond acceptors (Lipinski definition) is 4. The number of amides is 1. The molecular formula is C20H23NO5S. The van der Waals surface area contributed by atoms with Crippen molar-refractivity contribution in [3.05, 3.63) is 59.7 Å². The summed E-state index contributed by atoms with van der Waals surface area (Å²) in [7, 11) is -3.32. The molecule has 2 N–H and O–H groups in total. The molecule has 0 radical (unpaired) electrons. The van der Waals surface area contributed by atoms with E-state index in [0.29, 0.717) is 23.2 Å². The lowest BCUT2D eigenvalue weighted by Gasteiger charge is -2.09. The molecule has 2 rings (SSSR count). The van der Waals surface area contributed by atoms with Gasteiger partial charge in [-0.25, -0.2) is 8.42 Å². The van der Waals surface area contributed by atoms with Gasteiger partial charge in [-0.3, -0.25) is 9.59 Å². The van der Waals surface area contributed by atoms with Crippen LogP contribution >= 0.6 is 0 Å². The van der Waals surface area contributed by atoms with Crippen LogP contribution in [0.2, 0.25) is 0 Å². The Kier molecular flexibility index (Phi) is 6.74. The van der Waals surface area contributed by atoms with Gasteiger partial charge in [0.1, 0.15) is 0 Å². The average Bonchev–Trinajstić information content (AvgIpc) is 2.66. The van der Waals surface area contributed by atoms with E-state index < -0.39 is 21.7 Å². The molecule has 6 nitrogen and oxygen atoms in total. The number of anilines is 1. The molecule has 0 fully saturated rings. The van der Waals surface area contributed by atoms with E-state index in [-0.39, 0.29) is 16.6 Å². The first-order valence-corrected chi connectivity index (χ1v) is 10.4. The predicted molar refractivity (Wildman–Crippen MR) is 104 cm³/mol. The van der Waals surface area contributed by atoms with Gasteiger partial charge in [-0.05, 0) is 55.3 Å². The molecule has 0 aliphatic rings. The van der Waals surface area contributed by atoms with Crippen molar-refractivity contribution in [1.82, 2.24) is 0 Å². The minimum absolute atomic E-state index is 0.0934. The van der Waals surface area contributed by atoms with Crippen LogP contribution in [0.1, 0.15) is 48.5 Å². The van der Waals surface area contributed by atoms with Gasteiger partial charge in [-0.15, -0.1) is 0 Å². The second-order valence-corrected chi connectivity index (χ2v) is 8.44. The summed E-state index contributed by atoms with van der Waals surface area (Å²) in [5.41, 5.74) is 1.51. The Hall–Kier alpha value is -2.67. The number of carbonyl (C=O) groups is 2. The summed E-state index contributed by atoms with van der Waals surface area (Å²) in [5, 5.41) is 11.7. The van der Waals surface area contributed by atoms with Crippen LogP contribution in [0.25, 0.3) is 0 Å². The molecule has 0 aliphatic carbocycles. The first-order valence-electron chi connectivity index (χ1n) is 8.71. The van der Waals surface area contributed by atoms with Gasteiger partial charge in [0.25, 0.3) is 5.91 Å². The van der Waals surface area contributed by atoms with Gasteiger partial charge < -0.3 is 10.4 Å². The molecule has 0 saturated heterocycles. The molecule has 0 bridgehead atoms. The zero-order chi connectivity index (χ0) is 20.0. The summed E-state index contributed by atoms with van der Waals surface area (Å²) < 4.78 is 24.3. The lowest BCUT2D eigenvalue weighted by atomic mass is 10.0. The van der Waals surface area contributed by atoms with Gasteiger partial charge in [0.05, 0.1) is 16.6 Å². The van der Waals surface area contributed by atoms with Crippen LogP contribution in [-0.2, 0) is 14.6 Å².